The van der Waals surface area contributed by atoms with E-state index in [1.165, 1.54) is 0 Å². The number of rotatable bonds is 6. The number of aliphatic hydroxyl groups excluding tert-OH is 4. The SMILES string of the molecule is [2H]C1([2H])C[C@@H](Oc2ccc(Cc3cc([C@H]4O[C@H](CO)[C@@H](O)[C@H](O)[C@H]4O)ccc3Cl)cc2)C([2H])([2H])O1. The van der Waals surface area contributed by atoms with Crippen LogP contribution in [0.5, 0.6) is 5.75 Å². The van der Waals surface area contributed by atoms with Gasteiger partial charge >= 0.3 is 0 Å². The van der Waals surface area contributed by atoms with E-state index in [4.69, 9.17) is 31.3 Å². The Morgan fingerprint density at radius 1 is 1.06 bits per heavy atom. The molecule has 2 aromatic carbocycles. The van der Waals surface area contributed by atoms with Crippen molar-refractivity contribution in [3.63, 3.8) is 0 Å². The van der Waals surface area contributed by atoms with Crippen molar-refractivity contribution in [2.75, 3.05) is 19.7 Å². The Hall–Kier alpha value is -1.71. The van der Waals surface area contributed by atoms with Gasteiger partial charge < -0.3 is 34.6 Å². The third-order valence-corrected chi connectivity index (χ3v) is 5.79. The third kappa shape index (κ3) is 5.04. The highest BCUT2D eigenvalue weighted by Crippen LogP contribution is 2.34. The number of halogens is 1. The molecule has 4 N–H and O–H groups in total. The molecule has 2 saturated heterocycles. The molecule has 0 amide bonds. The average Bonchev–Trinajstić information content (AvgIpc) is 3.01. The van der Waals surface area contributed by atoms with E-state index in [1.807, 2.05) is 0 Å². The average molecular weight is 455 g/mol. The van der Waals surface area contributed by atoms with E-state index in [0.717, 1.165) is 5.56 Å². The molecule has 0 unspecified atom stereocenters. The van der Waals surface area contributed by atoms with Gasteiger partial charge in [0.05, 0.1) is 25.2 Å². The number of aliphatic hydroxyl groups is 4. The molecule has 8 heteroatoms. The number of hydrogen-bond donors (Lipinski definition) is 4. The van der Waals surface area contributed by atoms with E-state index >= 15 is 0 Å². The van der Waals surface area contributed by atoms with Crippen LogP contribution in [0.2, 0.25) is 5.02 Å². The number of ether oxygens (including phenoxy) is 3. The fourth-order valence-corrected chi connectivity index (χ4v) is 3.87. The third-order valence-electron chi connectivity index (χ3n) is 5.42. The fourth-order valence-electron chi connectivity index (χ4n) is 3.69. The molecular weight excluding hydrogens is 424 g/mol. The molecule has 0 aliphatic carbocycles. The highest BCUT2D eigenvalue weighted by molar-refractivity contribution is 6.31. The second kappa shape index (κ2) is 9.83. The summed E-state index contributed by atoms with van der Waals surface area (Å²) in [5.74, 6) is 0.366. The quantitative estimate of drug-likeness (QED) is 0.525. The Morgan fingerprint density at radius 3 is 2.52 bits per heavy atom. The van der Waals surface area contributed by atoms with Crippen molar-refractivity contribution in [2.45, 2.75) is 49.5 Å². The lowest BCUT2D eigenvalue weighted by molar-refractivity contribution is -0.231. The molecule has 2 fully saturated rings. The predicted molar refractivity (Wildman–Crippen MR) is 113 cm³/mol. The van der Waals surface area contributed by atoms with E-state index < -0.39 is 56.3 Å². The maximum atomic E-state index is 10.4. The Morgan fingerprint density at radius 2 is 1.84 bits per heavy atom. The number of benzene rings is 2. The summed E-state index contributed by atoms with van der Waals surface area (Å²) in [5.41, 5.74) is 2.09. The molecule has 31 heavy (non-hydrogen) atoms. The Labute approximate surface area is 191 Å². The minimum atomic E-state index is -2.25. The lowest BCUT2D eigenvalue weighted by atomic mass is 9.90. The Balaban J connectivity index is 1.48. The summed E-state index contributed by atoms with van der Waals surface area (Å²) < 4.78 is 46.9. The highest BCUT2D eigenvalue weighted by atomic mass is 35.5. The van der Waals surface area contributed by atoms with Crippen LogP contribution in [0.1, 0.15) is 34.7 Å². The van der Waals surface area contributed by atoms with Crippen LogP contribution in [-0.2, 0) is 15.9 Å². The summed E-state index contributed by atoms with van der Waals surface area (Å²) in [6, 6.07) is 11.8. The highest BCUT2D eigenvalue weighted by Gasteiger charge is 2.44. The summed E-state index contributed by atoms with van der Waals surface area (Å²) in [6.07, 6.45) is -7.23. The molecule has 0 radical (unpaired) electrons. The van der Waals surface area contributed by atoms with Crippen LogP contribution in [0.15, 0.2) is 42.5 Å². The van der Waals surface area contributed by atoms with Crippen LogP contribution in [-0.4, -0.2) is 70.7 Å². The molecule has 0 saturated carbocycles. The van der Waals surface area contributed by atoms with Crippen LogP contribution in [0.3, 0.4) is 0 Å². The zero-order valence-electron chi connectivity index (χ0n) is 20.5. The van der Waals surface area contributed by atoms with Gasteiger partial charge in [0.15, 0.2) is 0 Å². The molecule has 7 nitrogen and oxygen atoms in total. The molecule has 4 rings (SSSR count). The predicted octanol–water partition coefficient (Wildman–Crippen LogP) is 1.61. The van der Waals surface area contributed by atoms with Crippen molar-refractivity contribution >= 4 is 11.6 Å². The van der Waals surface area contributed by atoms with Gasteiger partial charge in [-0.1, -0.05) is 35.9 Å². The topological polar surface area (TPSA) is 109 Å². The van der Waals surface area contributed by atoms with Crippen molar-refractivity contribution in [3.8, 4) is 5.75 Å². The van der Waals surface area contributed by atoms with Gasteiger partial charge in [0.2, 0.25) is 0 Å². The van der Waals surface area contributed by atoms with Gasteiger partial charge in [-0.05, 0) is 41.3 Å². The minimum Gasteiger partial charge on any atom is -0.488 e. The fraction of sp³-hybridized carbons (Fsp3) is 0.478. The summed E-state index contributed by atoms with van der Waals surface area (Å²) >= 11 is 6.38. The second-order valence-electron chi connectivity index (χ2n) is 7.60. The molecule has 0 spiro atoms. The Kier molecular flexibility index (Phi) is 5.65. The summed E-state index contributed by atoms with van der Waals surface area (Å²) in [4.78, 5) is 0. The molecule has 168 valence electrons. The minimum absolute atomic E-state index is 0.234. The van der Waals surface area contributed by atoms with E-state index in [2.05, 4.69) is 0 Å². The van der Waals surface area contributed by atoms with Gasteiger partial charge in [-0.25, -0.2) is 0 Å². The monoisotopic (exact) mass is 454 g/mol. The molecule has 2 heterocycles. The van der Waals surface area contributed by atoms with Crippen LogP contribution < -0.4 is 4.74 Å². The van der Waals surface area contributed by atoms with E-state index in [9.17, 15) is 20.4 Å². The molecule has 0 bridgehead atoms. The maximum Gasteiger partial charge on any atom is 0.124 e. The molecule has 0 aromatic heterocycles. The van der Waals surface area contributed by atoms with Gasteiger partial charge in [0, 0.05) is 11.4 Å². The molecule has 2 aromatic rings. The smallest absolute Gasteiger partial charge is 0.124 e. The first-order valence-corrected chi connectivity index (χ1v) is 10.3. The first-order chi connectivity index (χ1) is 16.4. The largest absolute Gasteiger partial charge is 0.488 e. The van der Waals surface area contributed by atoms with Gasteiger partial charge in [0.25, 0.3) is 0 Å². The zero-order chi connectivity index (χ0) is 25.5. The van der Waals surface area contributed by atoms with Crippen LogP contribution in [0.4, 0.5) is 0 Å². The second-order valence-corrected chi connectivity index (χ2v) is 8.00. The number of hydrogen-bond acceptors (Lipinski definition) is 7. The van der Waals surface area contributed by atoms with Crippen molar-refractivity contribution in [1.82, 2.24) is 0 Å². The van der Waals surface area contributed by atoms with E-state index in [-0.39, 0.29) is 6.42 Å². The van der Waals surface area contributed by atoms with Crippen LogP contribution in [0, 0.1) is 0 Å². The van der Waals surface area contributed by atoms with E-state index in [0.29, 0.717) is 28.3 Å². The van der Waals surface area contributed by atoms with Gasteiger partial charge in [0.1, 0.15) is 42.4 Å². The molecule has 6 atom stereocenters. The normalized spacial score (nSPS) is 36.2. The lowest BCUT2D eigenvalue weighted by Crippen LogP contribution is -2.55. The van der Waals surface area contributed by atoms with Crippen molar-refractivity contribution < 1.29 is 40.1 Å². The van der Waals surface area contributed by atoms with Crippen molar-refractivity contribution in [3.05, 3.63) is 64.2 Å². The first-order valence-electron chi connectivity index (χ1n) is 11.9. The Bertz CT molecular complexity index is 1040. The molecule has 2 aliphatic rings. The summed E-state index contributed by atoms with van der Waals surface area (Å²) in [7, 11) is 0. The van der Waals surface area contributed by atoms with Crippen molar-refractivity contribution in [1.29, 1.82) is 0 Å². The first kappa shape index (κ1) is 17.8. The maximum absolute atomic E-state index is 10.4. The van der Waals surface area contributed by atoms with E-state index in [1.54, 1.807) is 42.5 Å². The van der Waals surface area contributed by atoms with Crippen LogP contribution >= 0.6 is 11.6 Å². The molecule has 2 aliphatic heterocycles. The molecular formula is C23H27ClO7. The summed E-state index contributed by atoms with van der Waals surface area (Å²) in [6.45, 7) is -4.87. The zero-order valence-corrected chi connectivity index (χ0v) is 17.3. The standard InChI is InChI=1S/C23H27ClO7/c24-18-6-3-14(23-22(28)21(27)20(26)19(11-25)31-23)10-15(18)9-13-1-4-16(5-2-13)30-17-7-8-29-12-17/h1-6,10,17,19-23,25-28H,7-9,11-12H2/t17-,19-,20-,21+,22-,23-/m1/s1/i8D2,12D2. The lowest BCUT2D eigenvalue weighted by Gasteiger charge is -2.40. The summed E-state index contributed by atoms with van der Waals surface area (Å²) in [5, 5.41) is 40.4. The van der Waals surface area contributed by atoms with Gasteiger partial charge in [-0.2, -0.15) is 0 Å². The van der Waals surface area contributed by atoms with Gasteiger partial charge in [-0.15, -0.1) is 0 Å². The van der Waals surface area contributed by atoms with Gasteiger partial charge in [-0.3, -0.25) is 0 Å². The van der Waals surface area contributed by atoms with Crippen LogP contribution in [0.25, 0.3) is 0 Å². The van der Waals surface area contributed by atoms with Crippen molar-refractivity contribution in [2.24, 2.45) is 0 Å².